The van der Waals surface area contributed by atoms with E-state index in [4.69, 9.17) is 0 Å². The van der Waals surface area contributed by atoms with Crippen molar-refractivity contribution < 1.29 is 4.79 Å². The van der Waals surface area contributed by atoms with Crippen LogP contribution in [0.5, 0.6) is 0 Å². The number of ketones is 1. The van der Waals surface area contributed by atoms with Crippen molar-refractivity contribution in [2.45, 2.75) is 25.7 Å². The third-order valence-electron chi connectivity index (χ3n) is 3.08. The number of nitrogens with zero attached hydrogens (tertiary/aromatic N) is 2. The van der Waals surface area contributed by atoms with E-state index >= 15 is 0 Å². The molecule has 2 heterocycles. The van der Waals surface area contributed by atoms with Gasteiger partial charge in [0.05, 0.1) is 0 Å². The molecule has 2 rings (SSSR count). The number of carbonyl (C=O) groups is 1. The molecule has 0 saturated carbocycles. The van der Waals surface area contributed by atoms with E-state index in [1.165, 1.54) is 25.9 Å². The lowest BCUT2D eigenvalue weighted by Crippen LogP contribution is -2.21. The zero-order valence-electron chi connectivity index (χ0n) is 9.56. The van der Waals surface area contributed by atoms with Gasteiger partial charge in [0.15, 0.2) is 5.78 Å². The maximum atomic E-state index is 11.8. The van der Waals surface area contributed by atoms with Gasteiger partial charge in [-0.25, -0.2) is 0 Å². The summed E-state index contributed by atoms with van der Waals surface area (Å²) in [6, 6.07) is 3.58. The third-order valence-corrected chi connectivity index (χ3v) is 3.08. The Morgan fingerprint density at radius 3 is 2.62 bits per heavy atom. The van der Waals surface area contributed by atoms with Gasteiger partial charge in [0.25, 0.3) is 0 Å². The van der Waals surface area contributed by atoms with Crippen molar-refractivity contribution in [3.8, 4) is 0 Å². The molecule has 1 saturated heterocycles. The minimum absolute atomic E-state index is 0.238. The van der Waals surface area contributed by atoms with Crippen molar-refractivity contribution in [3.63, 3.8) is 0 Å². The topological polar surface area (TPSA) is 33.2 Å². The molecule has 86 valence electrons. The molecule has 1 fully saturated rings. The minimum Gasteiger partial charge on any atom is -0.303 e. The van der Waals surface area contributed by atoms with E-state index in [1.807, 2.05) is 0 Å². The predicted molar refractivity (Wildman–Crippen MR) is 63.5 cm³/mol. The molecule has 0 spiro atoms. The predicted octanol–water partition coefficient (Wildman–Crippen LogP) is 2.14. The van der Waals surface area contributed by atoms with Crippen LogP contribution >= 0.6 is 0 Å². The second-order valence-corrected chi connectivity index (χ2v) is 4.31. The lowest BCUT2D eigenvalue weighted by molar-refractivity contribution is 0.0976. The number of aromatic nitrogens is 1. The summed E-state index contributed by atoms with van der Waals surface area (Å²) in [5.74, 6) is 0.238. The molecule has 0 bridgehead atoms. The Bertz CT molecular complexity index is 331. The largest absolute Gasteiger partial charge is 0.303 e. The highest BCUT2D eigenvalue weighted by molar-refractivity contribution is 5.95. The summed E-state index contributed by atoms with van der Waals surface area (Å²) in [7, 11) is 0. The fourth-order valence-electron chi connectivity index (χ4n) is 2.15. The van der Waals surface area contributed by atoms with Gasteiger partial charge in [-0.15, -0.1) is 0 Å². The quantitative estimate of drug-likeness (QED) is 0.710. The van der Waals surface area contributed by atoms with Gasteiger partial charge in [0.2, 0.25) is 0 Å². The second kappa shape index (κ2) is 5.75. The first-order chi connectivity index (χ1) is 7.86. The number of hydrogen-bond donors (Lipinski definition) is 0. The first kappa shape index (κ1) is 11.3. The summed E-state index contributed by atoms with van der Waals surface area (Å²) >= 11 is 0. The molecule has 0 atom stereocenters. The van der Waals surface area contributed by atoms with Crippen LogP contribution in [0.25, 0.3) is 0 Å². The SMILES string of the molecule is O=C(CCCN1CCCC1)c1ccncc1. The van der Waals surface area contributed by atoms with E-state index in [0.717, 1.165) is 18.5 Å². The summed E-state index contributed by atoms with van der Waals surface area (Å²) < 4.78 is 0. The van der Waals surface area contributed by atoms with Gasteiger partial charge in [-0.2, -0.15) is 0 Å². The molecule has 0 unspecified atom stereocenters. The zero-order valence-corrected chi connectivity index (χ0v) is 9.56. The molecule has 1 aliphatic heterocycles. The summed E-state index contributed by atoms with van der Waals surface area (Å²) in [4.78, 5) is 18.1. The van der Waals surface area contributed by atoms with Crippen molar-refractivity contribution in [1.82, 2.24) is 9.88 Å². The fourth-order valence-corrected chi connectivity index (χ4v) is 2.15. The Morgan fingerprint density at radius 1 is 1.25 bits per heavy atom. The van der Waals surface area contributed by atoms with E-state index < -0.39 is 0 Å². The van der Waals surface area contributed by atoms with Gasteiger partial charge >= 0.3 is 0 Å². The van der Waals surface area contributed by atoms with Crippen LogP contribution in [-0.4, -0.2) is 35.3 Å². The van der Waals surface area contributed by atoms with Crippen LogP contribution in [-0.2, 0) is 0 Å². The Labute approximate surface area is 96.5 Å². The van der Waals surface area contributed by atoms with Crippen molar-refractivity contribution >= 4 is 5.78 Å². The minimum atomic E-state index is 0.238. The molecular formula is C13H18N2O. The monoisotopic (exact) mass is 218 g/mol. The van der Waals surface area contributed by atoms with Crippen LogP contribution in [0, 0.1) is 0 Å². The van der Waals surface area contributed by atoms with Crippen molar-refractivity contribution in [2.75, 3.05) is 19.6 Å². The van der Waals surface area contributed by atoms with Crippen molar-refractivity contribution in [2.24, 2.45) is 0 Å². The molecule has 1 aromatic heterocycles. The Morgan fingerprint density at radius 2 is 1.94 bits per heavy atom. The first-order valence-electron chi connectivity index (χ1n) is 6.02. The van der Waals surface area contributed by atoms with Crippen LogP contribution in [0.3, 0.4) is 0 Å². The molecule has 0 radical (unpaired) electrons. The lowest BCUT2D eigenvalue weighted by atomic mass is 10.1. The molecule has 3 nitrogen and oxygen atoms in total. The van der Waals surface area contributed by atoms with Gasteiger partial charge in [-0.3, -0.25) is 9.78 Å². The van der Waals surface area contributed by atoms with Gasteiger partial charge < -0.3 is 4.90 Å². The number of carbonyl (C=O) groups excluding carboxylic acids is 1. The highest BCUT2D eigenvalue weighted by Crippen LogP contribution is 2.10. The van der Waals surface area contributed by atoms with E-state index in [1.54, 1.807) is 24.5 Å². The van der Waals surface area contributed by atoms with Crippen LogP contribution in [0.4, 0.5) is 0 Å². The molecule has 1 aliphatic rings. The van der Waals surface area contributed by atoms with Crippen LogP contribution in [0.15, 0.2) is 24.5 Å². The smallest absolute Gasteiger partial charge is 0.163 e. The standard InChI is InChI=1S/C13H18N2O/c16-13(12-5-7-14-8-6-12)4-3-11-15-9-1-2-10-15/h5-8H,1-4,9-11H2. The average molecular weight is 218 g/mol. The van der Waals surface area contributed by atoms with E-state index in [2.05, 4.69) is 9.88 Å². The molecule has 0 aliphatic carbocycles. The normalized spacial score (nSPS) is 16.5. The summed E-state index contributed by atoms with van der Waals surface area (Å²) in [6.45, 7) is 3.49. The second-order valence-electron chi connectivity index (χ2n) is 4.31. The Hall–Kier alpha value is -1.22. The number of rotatable bonds is 5. The molecule has 1 aromatic rings. The number of Topliss-reactive ketones (excluding diaryl/α,β-unsaturated/α-hetero) is 1. The molecular weight excluding hydrogens is 200 g/mol. The van der Waals surface area contributed by atoms with Gasteiger partial charge in [0, 0.05) is 24.4 Å². The third kappa shape index (κ3) is 3.14. The van der Waals surface area contributed by atoms with E-state index in [-0.39, 0.29) is 5.78 Å². The maximum Gasteiger partial charge on any atom is 0.163 e. The first-order valence-corrected chi connectivity index (χ1v) is 6.02. The number of pyridine rings is 1. The lowest BCUT2D eigenvalue weighted by Gasteiger charge is -2.13. The summed E-state index contributed by atoms with van der Waals surface area (Å²) in [5, 5.41) is 0. The van der Waals surface area contributed by atoms with Crippen LogP contribution < -0.4 is 0 Å². The van der Waals surface area contributed by atoms with Gasteiger partial charge in [-0.1, -0.05) is 0 Å². The summed E-state index contributed by atoms with van der Waals surface area (Å²) in [5.41, 5.74) is 0.788. The Kier molecular flexibility index (Phi) is 4.05. The molecule has 16 heavy (non-hydrogen) atoms. The average Bonchev–Trinajstić information content (AvgIpc) is 2.83. The highest BCUT2D eigenvalue weighted by atomic mass is 16.1. The van der Waals surface area contributed by atoms with Crippen LogP contribution in [0.1, 0.15) is 36.0 Å². The molecule has 0 N–H and O–H groups in total. The van der Waals surface area contributed by atoms with Crippen molar-refractivity contribution in [3.05, 3.63) is 30.1 Å². The van der Waals surface area contributed by atoms with E-state index in [0.29, 0.717) is 6.42 Å². The number of hydrogen-bond acceptors (Lipinski definition) is 3. The van der Waals surface area contributed by atoms with Crippen LogP contribution in [0.2, 0.25) is 0 Å². The number of likely N-dealkylation sites (tertiary alicyclic amines) is 1. The fraction of sp³-hybridized carbons (Fsp3) is 0.538. The maximum absolute atomic E-state index is 11.8. The van der Waals surface area contributed by atoms with E-state index in [9.17, 15) is 4.79 Å². The highest BCUT2D eigenvalue weighted by Gasteiger charge is 2.11. The molecule has 0 amide bonds. The van der Waals surface area contributed by atoms with Gasteiger partial charge in [-0.05, 0) is 51.0 Å². The molecule has 0 aromatic carbocycles. The van der Waals surface area contributed by atoms with Gasteiger partial charge in [0.1, 0.15) is 0 Å². The zero-order chi connectivity index (χ0) is 11.2. The Balaban J connectivity index is 1.71. The molecule has 3 heteroatoms. The van der Waals surface area contributed by atoms with Crippen molar-refractivity contribution in [1.29, 1.82) is 0 Å². The summed E-state index contributed by atoms with van der Waals surface area (Å²) in [6.07, 6.45) is 7.61.